The third kappa shape index (κ3) is 2.58. The highest BCUT2D eigenvalue weighted by atomic mass is 16.2. The topological polar surface area (TPSA) is 20.2 Å². The first-order valence-corrected chi connectivity index (χ1v) is 9.25. The Labute approximate surface area is 132 Å². The summed E-state index contributed by atoms with van der Waals surface area (Å²) in [6, 6.07) is 0. The van der Waals surface area contributed by atoms with Crippen LogP contribution in [-0.4, -0.2) is 12.2 Å². The Balaban J connectivity index is 0.000000774. The normalized spacial score (nSPS) is 48.4. The van der Waals surface area contributed by atoms with Crippen molar-refractivity contribution >= 4 is 0 Å². The maximum Gasteiger partial charge on any atom is 0.0319 e. The van der Waals surface area contributed by atoms with Gasteiger partial charge in [-0.25, -0.2) is 0 Å². The van der Waals surface area contributed by atoms with Crippen molar-refractivity contribution in [2.45, 2.75) is 86.0 Å². The Morgan fingerprint density at radius 1 is 0.810 bits per heavy atom. The van der Waals surface area contributed by atoms with Crippen LogP contribution in [0.1, 0.15) is 86.0 Å². The van der Waals surface area contributed by atoms with Crippen LogP contribution in [0.15, 0.2) is 0 Å². The molecule has 0 spiro atoms. The van der Waals surface area contributed by atoms with E-state index in [9.17, 15) is 0 Å². The fourth-order valence-electron chi connectivity index (χ4n) is 6.26. The van der Waals surface area contributed by atoms with E-state index in [-0.39, 0.29) is 0 Å². The standard InChI is InChI=1S/C19H34.CH4O/c1-14-15-8-13-18(4)10-6-7-11-19(18,5)16(15)9-12-17(14,2)3;1-2/h14-16H,6-13H2,1-5H3;2H,1H3. The molecule has 1 N–H and O–H groups in total. The van der Waals surface area contributed by atoms with E-state index in [2.05, 4.69) is 34.6 Å². The summed E-state index contributed by atoms with van der Waals surface area (Å²) < 4.78 is 0. The lowest BCUT2D eigenvalue weighted by Gasteiger charge is -2.64. The zero-order valence-electron chi connectivity index (χ0n) is 15.3. The molecule has 5 unspecified atom stereocenters. The maximum absolute atomic E-state index is 7.00. The van der Waals surface area contributed by atoms with Gasteiger partial charge >= 0.3 is 0 Å². The number of rotatable bonds is 0. The minimum absolute atomic E-state index is 0.583. The van der Waals surface area contributed by atoms with Crippen LogP contribution in [0.3, 0.4) is 0 Å². The molecule has 3 aliphatic carbocycles. The quantitative estimate of drug-likeness (QED) is 0.611. The van der Waals surface area contributed by atoms with E-state index in [1.807, 2.05) is 0 Å². The Kier molecular flexibility index (Phi) is 4.84. The van der Waals surface area contributed by atoms with Crippen molar-refractivity contribution < 1.29 is 5.11 Å². The molecule has 5 atom stereocenters. The number of hydrogen-bond acceptors (Lipinski definition) is 1. The van der Waals surface area contributed by atoms with E-state index in [0.29, 0.717) is 16.2 Å². The molecule has 0 aromatic carbocycles. The molecular formula is C20H38O. The first-order chi connectivity index (χ1) is 9.80. The van der Waals surface area contributed by atoms with Crippen LogP contribution in [0.2, 0.25) is 0 Å². The summed E-state index contributed by atoms with van der Waals surface area (Å²) in [5.41, 5.74) is 1.90. The highest BCUT2D eigenvalue weighted by Gasteiger charge is 2.58. The molecule has 3 fully saturated rings. The Morgan fingerprint density at radius 2 is 1.43 bits per heavy atom. The van der Waals surface area contributed by atoms with Gasteiger partial charge in [-0.3, -0.25) is 0 Å². The molecule has 124 valence electrons. The number of aliphatic hydroxyl groups is 1. The van der Waals surface area contributed by atoms with Crippen molar-refractivity contribution in [2.24, 2.45) is 34.0 Å². The molecule has 0 amide bonds. The van der Waals surface area contributed by atoms with Gasteiger partial charge in [0.15, 0.2) is 0 Å². The molecule has 3 rings (SSSR count). The van der Waals surface area contributed by atoms with E-state index in [1.165, 1.54) is 51.4 Å². The molecule has 0 aliphatic heterocycles. The van der Waals surface area contributed by atoms with Gasteiger partial charge in [0.1, 0.15) is 0 Å². The summed E-state index contributed by atoms with van der Waals surface area (Å²) in [7, 11) is 1.00. The number of aliphatic hydroxyl groups excluding tert-OH is 1. The molecule has 1 nitrogen and oxygen atoms in total. The average molecular weight is 295 g/mol. The van der Waals surface area contributed by atoms with E-state index < -0.39 is 0 Å². The summed E-state index contributed by atoms with van der Waals surface area (Å²) in [5, 5.41) is 7.00. The molecule has 0 saturated heterocycles. The smallest absolute Gasteiger partial charge is 0.0319 e. The fraction of sp³-hybridized carbons (Fsp3) is 1.00. The van der Waals surface area contributed by atoms with Crippen molar-refractivity contribution in [1.29, 1.82) is 0 Å². The lowest BCUT2D eigenvalue weighted by atomic mass is 9.41. The highest BCUT2D eigenvalue weighted by Crippen LogP contribution is 2.67. The van der Waals surface area contributed by atoms with Gasteiger partial charge in [0.2, 0.25) is 0 Å². The van der Waals surface area contributed by atoms with E-state index in [1.54, 1.807) is 0 Å². The molecule has 0 bridgehead atoms. The zero-order valence-corrected chi connectivity index (χ0v) is 15.3. The van der Waals surface area contributed by atoms with Crippen LogP contribution in [0.4, 0.5) is 0 Å². The molecule has 0 heterocycles. The molecule has 0 radical (unpaired) electrons. The SMILES string of the molecule is CC1C2CCC3(C)CCCCC3(C)C2CCC1(C)C.CO. The lowest BCUT2D eigenvalue weighted by Crippen LogP contribution is -2.56. The van der Waals surface area contributed by atoms with Crippen LogP contribution >= 0.6 is 0 Å². The van der Waals surface area contributed by atoms with Crippen LogP contribution in [0.25, 0.3) is 0 Å². The molecule has 21 heavy (non-hydrogen) atoms. The number of hydrogen-bond donors (Lipinski definition) is 1. The van der Waals surface area contributed by atoms with Crippen molar-refractivity contribution in [3.05, 3.63) is 0 Å². The second kappa shape index (κ2) is 5.87. The van der Waals surface area contributed by atoms with Crippen molar-refractivity contribution in [2.75, 3.05) is 7.11 Å². The van der Waals surface area contributed by atoms with E-state index in [0.717, 1.165) is 24.9 Å². The minimum Gasteiger partial charge on any atom is -0.400 e. The van der Waals surface area contributed by atoms with Gasteiger partial charge in [-0.05, 0) is 72.5 Å². The van der Waals surface area contributed by atoms with Crippen LogP contribution in [0.5, 0.6) is 0 Å². The van der Waals surface area contributed by atoms with Gasteiger partial charge in [0, 0.05) is 7.11 Å². The molecule has 3 aliphatic rings. The minimum atomic E-state index is 0.583. The third-order valence-electron chi connectivity index (χ3n) is 8.39. The summed E-state index contributed by atoms with van der Waals surface area (Å²) in [5.74, 6) is 2.96. The molecule has 3 saturated carbocycles. The van der Waals surface area contributed by atoms with Crippen LogP contribution in [-0.2, 0) is 0 Å². The Morgan fingerprint density at radius 3 is 2.10 bits per heavy atom. The summed E-state index contributed by atoms with van der Waals surface area (Å²) in [4.78, 5) is 0. The van der Waals surface area contributed by atoms with Crippen molar-refractivity contribution in [3.63, 3.8) is 0 Å². The first-order valence-electron chi connectivity index (χ1n) is 9.25. The summed E-state index contributed by atoms with van der Waals surface area (Å²) >= 11 is 0. The van der Waals surface area contributed by atoms with Crippen LogP contribution < -0.4 is 0 Å². The van der Waals surface area contributed by atoms with Crippen molar-refractivity contribution in [3.8, 4) is 0 Å². The van der Waals surface area contributed by atoms with Gasteiger partial charge in [-0.1, -0.05) is 47.5 Å². The molecule has 1 heteroatoms. The molecule has 0 aromatic heterocycles. The fourth-order valence-corrected chi connectivity index (χ4v) is 6.26. The summed E-state index contributed by atoms with van der Waals surface area (Å²) in [6.45, 7) is 12.9. The second-order valence-corrected chi connectivity index (χ2v) is 9.31. The maximum atomic E-state index is 7.00. The summed E-state index contributed by atoms with van der Waals surface area (Å²) in [6.07, 6.45) is 12.0. The van der Waals surface area contributed by atoms with Gasteiger partial charge in [0.05, 0.1) is 0 Å². The highest BCUT2D eigenvalue weighted by molar-refractivity contribution is 5.08. The zero-order chi connectivity index (χ0) is 15.9. The first kappa shape index (κ1) is 17.3. The third-order valence-corrected chi connectivity index (χ3v) is 8.39. The Bertz CT molecular complexity index is 361. The molecular weight excluding hydrogens is 256 g/mol. The molecule has 0 aromatic rings. The van der Waals surface area contributed by atoms with Crippen LogP contribution in [0, 0.1) is 34.0 Å². The second-order valence-electron chi connectivity index (χ2n) is 9.31. The monoisotopic (exact) mass is 294 g/mol. The van der Waals surface area contributed by atoms with Gasteiger partial charge in [0.25, 0.3) is 0 Å². The van der Waals surface area contributed by atoms with Gasteiger partial charge < -0.3 is 5.11 Å². The average Bonchev–Trinajstić information content (AvgIpc) is 2.46. The predicted octanol–water partition coefficient (Wildman–Crippen LogP) is 5.66. The largest absolute Gasteiger partial charge is 0.400 e. The predicted molar refractivity (Wildman–Crippen MR) is 91.2 cm³/mol. The van der Waals surface area contributed by atoms with Gasteiger partial charge in [-0.15, -0.1) is 0 Å². The van der Waals surface area contributed by atoms with E-state index in [4.69, 9.17) is 5.11 Å². The van der Waals surface area contributed by atoms with Crippen molar-refractivity contribution in [1.82, 2.24) is 0 Å². The lowest BCUT2D eigenvalue weighted by molar-refractivity contribution is -0.147. The number of fused-ring (bicyclic) bond motifs is 3. The Hall–Kier alpha value is -0.0400. The van der Waals surface area contributed by atoms with Gasteiger partial charge in [-0.2, -0.15) is 0 Å². The van der Waals surface area contributed by atoms with E-state index >= 15 is 0 Å².